The molecular weight excluding hydrogens is 331 g/mol. The predicted molar refractivity (Wildman–Crippen MR) is 98.1 cm³/mol. The maximum absolute atomic E-state index is 13.6. The monoisotopic (exact) mass is 350 g/mol. The maximum atomic E-state index is 13.6. The van der Waals surface area contributed by atoms with Gasteiger partial charge in [0.15, 0.2) is 0 Å². The molecule has 3 aromatic rings. The summed E-state index contributed by atoms with van der Waals surface area (Å²) in [5, 5.41) is 5.77. The van der Waals surface area contributed by atoms with Gasteiger partial charge in [0.2, 0.25) is 5.95 Å². The number of halogens is 1. The zero-order valence-corrected chi connectivity index (χ0v) is 14.4. The quantitative estimate of drug-likeness (QED) is 0.714. The molecule has 5 nitrogen and oxygen atoms in total. The second kappa shape index (κ2) is 8.20. The van der Waals surface area contributed by atoms with Crippen molar-refractivity contribution in [1.29, 1.82) is 0 Å². The molecule has 0 unspecified atom stereocenters. The van der Waals surface area contributed by atoms with Crippen LogP contribution in [0.3, 0.4) is 0 Å². The molecule has 0 fully saturated rings. The molecule has 0 aliphatic rings. The Morgan fingerprint density at radius 3 is 2.73 bits per heavy atom. The topological polar surface area (TPSA) is 66.9 Å². The largest absolute Gasteiger partial charge is 0.350 e. The Kier molecular flexibility index (Phi) is 5.53. The van der Waals surface area contributed by atoms with Gasteiger partial charge in [-0.3, -0.25) is 4.79 Å². The third-order valence-electron chi connectivity index (χ3n) is 3.82. The Morgan fingerprint density at radius 1 is 1.08 bits per heavy atom. The average molecular weight is 350 g/mol. The van der Waals surface area contributed by atoms with Crippen molar-refractivity contribution >= 4 is 11.9 Å². The Morgan fingerprint density at radius 2 is 1.92 bits per heavy atom. The van der Waals surface area contributed by atoms with Gasteiger partial charge >= 0.3 is 0 Å². The standard InChI is InChI=1S/C20H19FN4O/c1-14-5-4-6-15(11-14)12-23-19(26)18-9-10-22-20(25-18)24-13-16-7-2-3-8-17(16)21/h2-11H,12-13H2,1H3,(H,23,26)(H,22,24,25). The summed E-state index contributed by atoms with van der Waals surface area (Å²) in [5.41, 5.74) is 2.91. The molecule has 0 bridgehead atoms. The Labute approximate surface area is 151 Å². The molecule has 6 heteroatoms. The van der Waals surface area contributed by atoms with Crippen LogP contribution in [-0.4, -0.2) is 15.9 Å². The van der Waals surface area contributed by atoms with E-state index in [2.05, 4.69) is 20.6 Å². The van der Waals surface area contributed by atoms with Gasteiger partial charge in [-0.1, -0.05) is 48.0 Å². The molecule has 0 spiro atoms. The highest BCUT2D eigenvalue weighted by atomic mass is 19.1. The van der Waals surface area contributed by atoms with Crippen molar-refractivity contribution in [2.75, 3.05) is 5.32 Å². The van der Waals surface area contributed by atoms with E-state index in [0.717, 1.165) is 11.1 Å². The normalized spacial score (nSPS) is 10.4. The number of hydrogen-bond acceptors (Lipinski definition) is 4. The van der Waals surface area contributed by atoms with E-state index >= 15 is 0 Å². The molecule has 1 aromatic heterocycles. The summed E-state index contributed by atoms with van der Waals surface area (Å²) < 4.78 is 13.6. The van der Waals surface area contributed by atoms with Crippen LogP contribution in [-0.2, 0) is 13.1 Å². The van der Waals surface area contributed by atoms with Crippen LogP contribution in [0.4, 0.5) is 10.3 Å². The van der Waals surface area contributed by atoms with Gasteiger partial charge in [0, 0.05) is 24.8 Å². The minimum Gasteiger partial charge on any atom is -0.350 e. The van der Waals surface area contributed by atoms with Crippen LogP contribution in [0.2, 0.25) is 0 Å². The molecule has 26 heavy (non-hydrogen) atoms. The van der Waals surface area contributed by atoms with Crippen molar-refractivity contribution < 1.29 is 9.18 Å². The molecule has 2 aromatic carbocycles. The first kappa shape index (κ1) is 17.5. The van der Waals surface area contributed by atoms with Crippen molar-refractivity contribution in [2.45, 2.75) is 20.0 Å². The molecule has 0 saturated carbocycles. The van der Waals surface area contributed by atoms with Gasteiger partial charge < -0.3 is 10.6 Å². The summed E-state index contributed by atoms with van der Waals surface area (Å²) in [5.74, 6) is -0.314. The fourth-order valence-electron chi connectivity index (χ4n) is 2.48. The fourth-order valence-corrected chi connectivity index (χ4v) is 2.48. The van der Waals surface area contributed by atoms with Gasteiger partial charge in [-0.2, -0.15) is 0 Å². The van der Waals surface area contributed by atoms with Gasteiger partial charge in [0.25, 0.3) is 5.91 Å². The first-order valence-electron chi connectivity index (χ1n) is 8.26. The second-order valence-electron chi connectivity index (χ2n) is 5.88. The first-order chi connectivity index (χ1) is 12.6. The highest BCUT2D eigenvalue weighted by Gasteiger charge is 2.09. The number of carbonyl (C=O) groups is 1. The second-order valence-corrected chi connectivity index (χ2v) is 5.88. The smallest absolute Gasteiger partial charge is 0.270 e. The van der Waals surface area contributed by atoms with E-state index in [1.165, 1.54) is 12.3 Å². The van der Waals surface area contributed by atoms with Crippen LogP contribution in [0.5, 0.6) is 0 Å². The lowest BCUT2D eigenvalue weighted by molar-refractivity contribution is 0.0946. The van der Waals surface area contributed by atoms with Crippen molar-refractivity contribution in [1.82, 2.24) is 15.3 Å². The summed E-state index contributed by atoms with van der Waals surface area (Å²) in [6.45, 7) is 2.66. The van der Waals surface area contributed by atoms with Crippen molar-refractivity contribution in [2.24, 2.45) is 0 Å². The minimum absolute atomic E-state index is 0.237. The van der Waals surface area contributed by atoms with Crippen molar-refractivity contribution in [3.8, 4) is 0 Å². The molecule has 0 radical (unpaired) electrons. The lowest BCUT2D eigenvalue weighted by Crippen LogP contribution is -2.24. The van der Waals surface area contributed by atoms with Crippen molar-refractivity contribution in [3.05, 3.63) is 89.0 Å². The predicted octanol–water partition coefficient (Wildman–Crippen LogP) is 3.47. The van der Waals surface area contributed by atoms with Gasteiger partial charge in [-0.25, -0.2) is 14.4 Å². The third kappa shape index (κ3) is 4.63. The van der Waals surface area contributed by atoms with E-state index < -0.39 is 0 Å². The molecule has 2 N–H and O–H groups in total. The van der Waals surface area contributed by atoms with Gasteiger partial charge in [0.1, 0.15) is 11.5 Å². The molecule has 0 aliphatic heterocycles. The van der Waals surface area contributed by atoms with E-state index in [1.807, 2.05) is 31.2 Å². The lowest BCUT2D eigenvalue weighted by atomic mass is 10.1. The summed E-state index contributed by atoms with van der Waals surface area (Å²) in [6, 6.07) is 15.9. The van der Waals surface area contributed by atoms with Gasteiger partial charge in [0.05, 0.1) is 0 Å². The molecule has 132 valence electrons. The molecule has 0 aliphatic carbocycles. The van der Waals surface area contributed by atoms with Crippen LogP contribution in [0, 0.1) is 12.7 Å². The van der Waals surface area contributed by atoms with E-state index in [-0.39, 0.29) is 29.9 Å². The summed E-state index contributed by atoms with van der Waals surface area (Å²) in [4.78, 5) is 20.6. The number of nitrogens with one attached hydrogen (secondary N) is 2. The average Bonchev–Trinajstić information content (AvgIpc) is 2.66. The lowest BCUT2D eigenvalue weighted by Gasteiger charge is -2.08. The number of nitrogens with zero attached hydrogens (tertiary/aromatic N) is 2. The number of aryl methyl sites for hydroxylation is 1. The molecular formula is C20H19FN4O. The zero-order valence-electron chi connectivity index (χ0n) is 14.4. The van der Waals surface area contributed by atoms with Crippen LogP contribution in [0.1, 0.15) is 27.2 Å². The number of hydrogen-bond donors (Lipinski definition) is 2. The van der Waals surface area contributed by atoms with E-state index in [9.17, 15) is 9.18 Å². The number of amides is 1. The number of benzene rings is 2. The zero-order chi connectivity index (χ0) is 18.4. The van der Waals surface area contributed by atoms with Gasteiger partial charge in [-0.15, -0.1) is 0 Å². The van der Waals surface area contributed by atoms with Crippen LogP contribution in [0.15, 0.2) is 60.8 Å². The van der Waals surface area contributed by atoms with Crippen LogP contribution >= 0.6 is 0 Å². The maximum Gasteiger partial charge on any atom is 0.270 e. The summed E-state index contributed by atoms with van der Waals surface area (Å²) in [7, 11) is 0. The van der Waals surface area contributed by atoms with E-state index in [0.29, 0.717) is 12.1 Å². The summed E-state index contributed by atoms with van der Waals surface area (Å²) in [6.07, 6.45) is 1.50. The highest BCUT2D eigenvalue weighted by molar-refractivity contribution is 5.92. The molecule has 1 heterocycles. The van der Waals surface area contributed by atoms with E-state index in [1.54, 1.807) is 24.3 Å². The SMILES string of the molecule is Cc1cccc(CNC(=O)c2ccnc(NCc3ccccc3F)n2)c1. The number of rotatable bonds is 6. The van der Waals surface area contributed by atoms with Gasteiger partial charge in [-0.05, 0) is 24.6 Å². The fraction of sp³-hybridized carbons (Fsp3) is 0.150. The van der Waals surface area contributed by atoms with Crippen LogP contribution in [0.25, 0.3) is 0 Å². The molecule has 3 rings (SSSR count). The Hall–Kier alpha value is -3.28. The summed E-state index contributed by atoms with van der Waals surface area (Å²) >= 11 is 0. The number of aromatic nitrogens is 2. The Bertz CT molecular complexity index is 914. The highest BCUT2D eigenvalue weighted by Crippen LogP contribution is 2.09. The van der Waals surface area contributed by atoms with Crippen LogP contribution < -0.4 is 10.6 Å². The number of carbonyl (C=O) groups excluding carboxylic acids is 1. The van der Waals surface area contributed by atoms with E-state index in [4.69, 9.17) is 0 Å². The number of anilines is 1. The third-order valence-corrected chi connectivity index (χ3v) is 3.82. The molecule has 0 saturated heterocycles. The molecule has 1 amide bonds. The first-order valence-corrected chi connectivity index (χ1v) is 8.26. The minimum atomic E-state index is -0.299. The Balaban J connectivity index is 1.61. The molecule has 0 atom stereocenters. The van der Waals surface area contributed by atoms with Crippen molar-refractivity contribution in [3.63, 3.8) is 0 Å².